The molecule has 2 aliphatic rings. The molecule has 2 amide bonds. The maximum Gasteiger partial charge on any atom is 0.261 e. The fourth-order valence-electron chi connectivity index (χ4n) is 5.01. The third kappa shape index (κ3) is 8.75. The Labute approximate surface area is 276 Å². The minimum atomic E-state index is -0.279. The Morgan fingerprint density at radius 3 is 1.77 bits per heavy atom. The van der Waals surface area contributed by atoms with Gasteiger partial charge in [0.05, 0.1) is 71.5 Å². The molecule has 17 heteroatoms. The number of anilines is 3. The largest absolute Gasteiger partial charge is 0.480 e. The highest BCUT2D eigenvalue weighted by atomic mass is 32.2. The molecule has 1 aromatic carbocycles. The van der Waals surface area contributed by atoms with E-state index in [0.717, 1.165) is 44.5 Å². The molecule has 2 aliphatic heterocycles. The summed E-state index contributed by atoms with van der Waals surface area (Å²) in [7, 11) is 3.07. The van der Waals surface area contributed by atoms with Crippen molar-refractivity contribution in [3.63, 3.8) is 0 Å². The molecule has 0 saturated carbocycles. The molecule has 5 rings (SSSR count). The number of nitrogen functional groups attached to an aromatic ring is 2. The maximum atomic E-state index is 12.4. The van der Waals surface area contributed by atoms with Gasteiger partial charge in [-0.05, 0) is 23.9 Å². The quantitative estimate of drug-likeness (QED) is 0.118. The van der Waals surface area contributed by atoms with Crippen LogP contribution in [0.5, 0.6) is 11.8 Å². The summed E-state index contributed by atoms with van der Waals surface area (Å²) in [5, 5.41) is 0.335. The van der Waals surface area contributed by atoms with E-state index in [2.05, 4.69) is 29.7 Å². The van der Waals surface area contributed by atoms with Gasteiger partial charge >= 0.3 is 0 Å². The minimum absolute atomic E-state index is 0.210. The number of hydrogen-bond acceptors (Lipinski definition) is 16. The molecule has 4 heterocycles. The lowest BCUT2D eigenvalue weighted by molar-refractivity contribution is 0.00759. The first kappa shape index (κ1) is 34.1. The van der Waals surface area contributed by atoms with Crippen LogP contribution in [-0.2, 0) is 14.2 Å². The molecule has 252 valence electrons. The van der Waals surface area contributed by atoms with Gasteiger partial charge in [-0.25, -0.2) is 9.97 Å². The van der Waals surface area contributed by atoms with Crippen LogP contribution in [0.3, 0.4) is 0 Å². The highest BCUT2D eigenvalue weighted by molar-refractivity contribution is 7.99. The zero-order valence-electron chi connectivity index (χ0n) is 26.4. The zero-order valence-corrected chi connectivity index (χ0v) is 27.2. The molecule has 16 nitrogen and oxygen atoms in total. The third-order valence-electron chi connectivity index (χ3n) is 7.41. The number of fused-ring (bicyclic) bond motifs is 1. The van der Waals surface area contributed by atoms with Crippen LogP contribution in [0.1, 0.15) is 20.7 Å². The van der Waals surface area contributed by atoms with Gasteiger partial charge < -0.3 is 40.1 Å². The standard InChI is InChI=1S/C30H39N9O7S/c1-42-25-24(47-30-33-22(31)19-23(32)34-30)26(43-2)36-29(35-25)38-9-7-37(8-10-38)11-13-44-15-17-46-18-16-45-14-12-39-27(40)20-5-3-4-6-21(20)28(39)41/h3-6,19H,7-18H2,1-2H3,(H4,31,32,33,34). The van der Waals surface area contributed by atoms with Crippen molar-refractivity contribution >= 4 is 41.2 Å². The average molecular weight is 670 g/mol. The number of piperazine rings is 1. The number of carbonyl (C=O) groups excluding carboxylic acids is 2. The number of aromatic nitrogens is 4. The molecule has 1 fully saturated rings. The Balaban J connectivity index is 0.942. The first-order chi connectivity index (χ1) is 22.9. The molecule has 0 aliphatic carbocycles. The third-order valence-corrected chi connectivity index (χ3v) is 8.32. The zero-order chi connectivity index (χ0) is 33.2. The number of amides is 2. The highest BCUT2D eigenvalue weighted by Crippen LogP contribution is 2.40. The smallest absolute Gasteiger partial charge is 0.261 e. The van der Waals surface area contributed by atoms with Gasteiger partial charge in [0, 0.05) is 38.8 Å². The van der Waals surface area contributed by atoms with E-state index in [1.54, 1.807) is 24.3 Å². The van der Waals surface area contributed by atoms with Gasteiger partial charge in [0.2, 0.25) is 17.7 Å². The van der Waals surface area contributed by atoms with Crippen LogP contribution in [0, 0.1) is 0 Å². The first-order valence-corrected chi connectivity index (χ1v) is 15.9. The number of methoxy groups -OCH3 is 2. The van der Waals surface area contributed by atoms with E-state index < -0.39 is 0 Å². The predicted molar refractivity (Wildman–Crippen MR) is 173 cm³/mol. The van der Waals surface area contributed by atoms with Crippen LogP contribution in [0.15, 0.2) is 40.4 Å². The van der Waals surface area contributed by atoms with E-state index in [0.29, 0.717) is 71.9 Å². The van der Waals surface area contributed by atoms with Gasteiger partial charge in [0.25, 0.3) is 11.8 Å². The second kappa shape index (κ2) is 16.5. The number of ether oxygens (including phenoxy) is 5. The Kier molecular flexibility index (Phi) is 12.0. The maximum absolute atomic E-state index is 12.4. The van der Waals surface area contributed by atoms with Crippen LogP contribution in [-0.4, -0.2) is 135 Å². The minimum Gasteiger partial charge on any atom is -0.480 e. The van der Waals surface area contributed by atoms with Gasteiger partial charge in [0.15, 0.2) is 5.16 Å². The number of rotatable bonds is 17. The van der Waals surface area contributed by atoms with Crippen molar-refractivity contribution < 1.29 is 33.3 Å². The summed E-state index contributed by atoms with van der Waals surface area (Å²) in [6.07, 6.45) is 0. The molecule has 2 aromatic heterocycles. The summed E-state index contributed by atoms with van der Waals surface area (Å²) in [6.45, 7) is 6.61. The van der Waals surface area contributed by atoms with E-state index in [1.807, 2.05) is 0 Å². The number of hydrogen-bond donors (Lipinski definition) is 2. The lowest BCUT2D eigenvalue weighted by Gasteiger charge is -2.34. The van der Waals surface area contributed by atoms with Gasteiger partial charge in [-0.2, -0.15) is 9.97 Å². The molecule has 3 aromatic rings. The summed E-state index contributed by atoms with van der Waals surface area (Å²) in [5.41, 5.74) is 12.5. The molecular formula is C30H39N9O7S. The van der Waals surface area contributed by atoms with E-state index in [1.165, 1.54) is 25.2 Å². The van der Waals surface area contributed by atoms with Crippen molar-refractivity contribution in [2.75, 3.05) is 109 Å². The predicted octanol–water partition coefficient (Wildman–Crippen LogP) is 1.07. The fourth-order valence-corrected chi connectivity index (χ4v) is 5.93. The summed E-state index contributed by atoms with van der Waals surface area (Å²) >= 11 is 1.16. The van der Waals surface area contributed by atoms with Crippen molar-refractivity contribution in [1.82, 2.24) is 29.7 Å². The monoisotopic (exact) mass is 669 g/mol. The summed E-state index contributed by atoms with van der Waals surface area (Å²) in [5.74, 6) is 1.14. The second-order valence-electron chi connectivity index (χ2n) is 10.4. The van der Waals surface area contributed by atoms with E-state index >= 15 is 0 Å². The van der Waals surface area contributed by atoms with Crippen LogP contribution in [0.4, 0.5) is 17.6 Å². The Morgan fingerprint density at radius 2 is 1.23 bits per heavy atom. The first-order valence-electron chi connectivity index (χ1n) is 15.1. The molecule has 1 saturated heterocycles. The van der Waals surface area contributed by atoms with Gasteiger partial charge in [-0.1, -0.05) is 12.1 Å². The molecule has 0 atom stereocenters. The van der Waals surface area contributed by atoms with Crippen LogP contribution in [0.25, 0.3) is 0 Å². The number of nitrogens with zero attached hydrogens (tertiary/aromatic N) is 7. The molecular weight excluding hydrogens is 630 g/mol. The molecule has 0 spiro atoms. The van der Waals surface area contributed by atoms with E-state index in [9.17, 15) is 9.59 Å². The summed E-state index contributed by atoms with van der Waals surface area (Å²) in [6, 6.07) is 8.31. The van der Waals surface area contributed by atoms with Crippen molar-refractivity contribution in [2.45, 2.75) is 10.1 Å². The van der Waals surface area contributed by atoms with Gasteiger partial charge in [0.1, 0.15) is 16.5 Å². The SMILES string of the molecule is COc1nc(N2CCN(CCOCCOCCOCCN3C(=O)c4ccccc4C3=O)CC2)nc(OC)c1Sc1nc(N)cc(N)n1. The molecule has 0 bridgehead atoms. The molecule has 4 N–H and O–H groups in total. The Bertz CT molecular complexity index is 1460. The van der Waals surface area contributed by atoms with Crippen molar-refractivity contribution in [2.24, 2.45) is 0 Å². The Morgan fingerprint density at radius 1 is 0.723 bits per heavy atom. The van der Waals surface area contributed by atoms with Crippen molar-refractivity contribution in [3.05, 3.63) is 41.5 Å². The topological polar surface area (TPSA) is 194 Å². The average Bonchev–Trinajstić information content (AvgIpc) is 3.31. The normalized spacial score (nSPS) is 14.9. The van der Waals surface area contributed by atoms with Gasteiger partial charge in [-0.15, -0.1) is 0 Å². The number of imide groups is 1. The van der Waals surface area contributed by atoms with Gasteiger partial charge in [-0.3, -0.25) is 19.4 Å². The number of nitrogens with two attached hydrogens (primary N) is 2. The van der Waals surface area contributed by atoms with E-state index in [-0.39, 0.29) is 36.6 Å². The van der Waals surface area contributed by atoms with Crippen LogP contribution in [0.2, 0.25) is 0 Å². The van der Waals surface area contributed by atoms with Crippen molar-refractivity contribution in [1.29, 1.82) is 0 Å². The van der Waals surface area contributed by atoms with E-state index in [4.69, 9.17) is 35.2 Å². The summed E-state index contributed by atoms with van der Waals surface area (Å²) < 4.78 is 28.0. The van der Waals surface area contributed by atoms with Crippen LogP contribution >= 0.6 is 11.8 Å². The fraction of sp³-hybridized carbons (Fsp3) is 0.467. The van der Waals surface area contributed by atoms with Crippen molar-refractivity contribution in [3.8, 4) is 11.8 Å². The van der Waals surface area contributed by atoms with Crippen LogP contribution < -0.4 is 25.8 Å². The Hall–Kier alpha value is -4.29. The summed E-state index contributed by atoms with van der Waals surface area (Å²) in [4.78, 5) is 48.6. The molecule has 0 unspecified atom stereocenters. The number of carbonyl (C=O) groups is 2. The number of benzene rings is 1. The molecule has 47 heavy (non-hydrogen) atoms. The lowest BCUT2D eigenvalue weighted by atomic mass is 10.1. The second-order valence-corrected chi connectivity index (χ2v) is 11.4. The molecule has 0 radical (unpaired) electrons. The highest BCUT2D eigenvalue weighted by Gasteiger charge is 2.34. The lowest BCUT2D eigenvalue weighted by Crippen LogP contribution is -2.48.